The number of para-hydroxylation sites is 2. The first-order chi connectivity index (χ1) is 10.1. The fraction of sp³-hybridized carbons (Fsp3) is 0.0769. The number of hydrogen-bond acceptors (Lipinski definition) is 4. The van der Waals surface area contributed by atoms with Crippen LogP contribution in [0.5, 0.6) is 5.75 Å². The first-order valence-electron chi connectivity index (χ1n) is 5.90. The van der Waals surface area contributed by atoms with Crippen molar-refractivity contribution in [3.8, 4) is 11.4 Å². The summed E-state index contributed by atoms with van der Waals surface area (Å²) in [5, 5.41) is 0. The number of rotatable bonds is 3. The number of halogens is 3. The molecular weight excluding hydrogens is 346 g/mol. The Kier molecular flexibility index (Phi) is 3.46. The predicted molar refractivity (Wildman–Crippen MR) is 77.6 cm³/mol. The van der Waals surface area contributed by atoms with Crippen LogP contribution in [0.2, 0.25) is 0 Å². The Hall–Kier alpha value is -2.22. The number of nitrogen functional groups attached to an aromatic ring is 1. The summed E-state index contributed by atoms with van der Waals surface area (Å²) >= 11 is 3.29. The Morgan fingerprint density at radius 2 is 2.05 bits per heavy atom. The van der Waals surface area contributed by atoms with Gasteiger partial charge < -0.3 is 10.5 Å². The maximum atomic E-state index is 12.5. The number of pyridine rings is 1. The lowest BCUT2D eigenvalue weighted by molar-refractivity contribution is -0.0498. The van der Waals surface area contributed by atoms with Gasteiger partial charge in [-0.1, -0.05) is 12.1 Å². The number of benzene rings is 1. The lowest BCUT2D eigenvalue weighted by Crippen LogP contribution is -2.08. The van der Waals surface area contributed by atoms with Gasteiger partial charge >= 0.3 is 6.61 Å². The van der Waals surface area contributed by atoms with Gasteiger partial charge in [0.15, 0.2) is 5.65 Å². The third-order valence-electron chi connectivity index (χ3n) is 2.81. The van der Waals surface area contributed by atoms with E-state index < -0.39 is 6.61 Å². The third kappa shape index (κ3) is 2.54. The van der Waals surface area contributed by atoms with Crippen molar-refractivity contribution in [1.82, 2.24) is 14.5 Å². The maximum absolute atomic E-state index is 12.5. The number of aromatic nitrogens is 3. The molecule has 21 heavy (non-hydrogen) atoms. The summed E-state index contributed by atoms with van der Waals surface area (Å²) in [6, 6.07) is 8.08. The van der Waals surface area contributed by atoms with E-state index in [0.29, 0.717) is 16.9 Å². The van der Waals surface area contributed by atoms with Crippen molar-refractivity contribution in [2.75, 3.05) is 5.73 Å². The van der Waals surface area contributed by atoms with Crippen LogP contribution < -0.4 is 10.5 Å². The molecule has 5 nitrogen and oxygen atoms in total. The van der Waals surface area contributed by atoms with E-state index in [-0.39, 0.29) is 11.7 Å². The number of imidazole rings is 1. The molecule has 0 saturated heterocycles. The summed E-state index contributed by atoms with van der Waals surface area (Å²) in [7, 11) is 0. The van der Waals surface area contributed by atoms with Crippen LogP contribution in [0.1, 0.15) is 0 Å². The average Bonchev–Trinajstić information content (AvgIpc) is 2.74. The molecule has 0 aliphatic rings. The lowest BCUT2D eigenvalue weighted by Gasteiger charge is -2.12. The predicted octanol–water partition coefficient (Wildman–Crippen LogP) is 3.37. The molecule has 3 rings (SSSR count). The fourth-order valence-electron chi connectivity index (χ4n) is 2.03. The molecule has 2 N–H and O–H groups in total. The molecule has 108 valence electrons. The number of anilines is 1. The zero-order chi connectivity index (χ0) is 15.0. The molecule has 0 saturated carbocycles. The summed E-state index contributed by atoms with van der Waals surface area (Å²) in [5.41, 5.74) is 7.25. The largest absolute Gasteiger partial charge is 0.433 e. The Morgan fingerprint density at radius 1 is 1.29 bits per heavy atom. The van der Waals surface area contributed by atoms with Crippen molar-refractivity contribution in [3.63, 3.8) is 0 Å². The summed E-state index contributed by atoms with van der Waals surface area (Å²) in [4.78, 5) is 8.40. The van der Waals surface area contributed by atoms with E-state index in [4.69, 9.17) is 5.73 Å². The first kappa shape index (κ1) is 13.7. The van der Waals surface area contributed by atoms with Crippen molar-refractivity contribution >= 4 is 33.0 Å². The minimum Gasteiger partial charge on any atom is -0.433 e. The van der Waals surface area contributed by atoms with Crippen molar-refractivity contribution in [2.24, 2.45) is 0 Å². The second-order valence-electron chi connectivity index (χ2n) is 4.15. The van der Waals surface area contributed by atoms with Gasteiger partial charge in [0, 0.05) is 10.7 Å². The SMILES string of the molecule is Nc1nc2cc(Br)cnc2n1-c1ccccc1OC(F)F. The van der Waals surface area contributed by atoms with E-state index >= 15 is 0 Å². The number of fused-ring (bicyclic) bond motifs is 1. The summed E-state index contributed by atoms with van der Waals surface area (Å²) < 4.78 is 31.8. The molecule has 1 aromatic carbocycles. The van der Waals surface area contributed by atoms with Gasteiger partial charge in [-0.15, -0.1) is 0 Å². The van der Waals surface area contributed by atoms with Crippen LogP contribution in [0, 0.1) is 0 Å². The zero-order valence-electron chi connectivity index (χ0n) is 10.5. The zero-order valence-corrected chi connectivity index (χ0v) is 12.1. The normalized spacial score (nSPS) is 11.2. The average molecular weight is 355 g/mol. The van der Waals surface area contributed by atoms with E-state index in [2.05, 4.69) is 30.6 Å². The van der Waals surface area contributed by atoms with Crippen LogP contribution in [-0.4, -0.2) is 21.1 Å². The molecule has 2 aromatic heterocycles. The topological polar surface area (TPSA) is 66.0 Å². The Labute approximate surface area is 126 Å². The number of hydrogen-bond donors (Lipinski definition) is 1. The Morgan fingerprint density at radius 3 is 2.81 bits per heavy atom. The summed E-state index contributed by atoms with van der Waals surface area (Å²) in [6.45, 7) is -2.93. The van der Waals surface area contributed by atoms with Crippen molar-refractivity contribution in [2.45, 2.75) is 6.61 Å². The summed E-state index contributed by atoms with van der Waals surface area (Å²) in [5.74, 6) is 0.143. The van der Waals surface area contributed by atoms with Gasteiger partial charge in [-0.25, -0.2) is 9.97 Å². The summed E-state index contributed by atoms with van der Waals surface area (Å²) in [6.07, 6.45) is 1.58. The highest BCUT2D eigenvalue weighted by Gasteiger charge is 2.17. The molecule has 2 heterocycles. The molecular formula is C13H9BrF2N4O. The monoisotopic (exact) mass is 354 g/mol. The van der Waals surface area contributed by atoms with Gasteiger partial charge in [-0.2, -0.15) is 8.78 Å². The van der Waals surface area contributed by atoms with Crippen LogP contribution in [0.15, 0.2) is 41.0 Å². The maximum Gasteiger partial charge on any atom is 0.387 e. The standard InChI is InChI=1S/C13H9BrF2N4O/c14-7-5-8-11(18-6-7)20(13(17)19-8)9-3-1-2-4-10(9)21-12(15)16/h1-6,12H,(H2,17,19). The second kappa shape index (κ2) is 5.28. The minimum atomic E-state index is -2.93. The first-order valence-corrected chi connectivity index (χ1v) is 6.69. The van der Waals surface area contributed by atoms with E-state index in [1.807, 2.05) is 0 Å². The molecule has 3 aromatic rings. The number of alkyl halides is 2. The molecule has 8 heteroatoms. The van der Waals surface area contributed by atoms with Gasteiger partial charge in [-0.05, 0) is 34.1 Å². The third-order valence-corrected chi connectivity index (χ3v) is 3.25. The molecule has 0 radical (unpaired) electrons. The van der Waals surface area contributed by atoms with Crippen molar-refractivity contribution < 1.29 is 13.5 Å². The van der Waals surface area contributed by atoms with Gasteiger partial charge in [0.2, 0.25) is 5.95 Å². The number of nitrogens with zero attached hydrogens (tertiary/aromatic N) is 3. The molecule has 0 amide bonds. The van der Waals surface area contributed by atoms with Gasteiger partial charge in [-0.3, -0.25) is 4.57 Å². The highest BCUT2D eigenvalue weighted by molar-refractivity contribution is 9.10. The van der Waals surface area contributed by atoms with E-state index in [9.17, 15) is 8.78 Å². The quantitative estimate of drug-likeness (QED) is 0.782. The van der Waals surface area contributed by atoms with Crippen LogP contribution in [-0.2, 0) is 0 Å². The molecule has 0 aliphatic carbocycles. The minimum absolute atomic E-state index is 0.00298. The van der Waals surface area contributed by atoms with Crippen LogP contribution in [0.4, 0.5) is 14.7 Å². The second-order valence-corrected chi connectivity index (χ2v) is 5.06. The molecule has 0 atom stereocenters. The van der Waals surface area contributed by atoms with Crippen molar-refractivity contribution in [1.29, 1.82) is 0 Å². The van der Waals surface area contributed by atoms with Crippen molar-refractivity contribution in [3.05, 3.63) is 41.0 Å². The van der Waals surface area contributed by atoms with Gasteiger partial charge in [0.05, 0.1) is 5.69 Å². The Balaban J connectivity index is 2.23. The fourth-order valence-corrected chi connectivity index (χ4v) is 2.35. The van der Waals surface area contributed by atoms with E-state index in [1.165, 1.54) is 10.6 Å². The Bertz CT molecular complexity index is 806. The van der Waals surface area contributed by atoms with Crippen LogP contribution in [0.3, 0.4) is 0 Å². The van der Waals surface area contributed by atoms with Gasteiger partial charge in [0.1, 0.15) is 11.3 Å². The van der Waals surface area contributed by atoms with Crippen LogP contribution >= 0.6 is 15.9 Å². The molecule has 0 aliphatic heterocycles. The van der Waals surface area contributed by atoms with E-state index in [1.54, 1.807) is 30.5 Å². The number of ether oxygens (including phenoxy) is 1. The smallest absolute Gasteiger partial charge is 0.387 e. The molecule has 0 spiro atoms. The molecule has 0 fully saturated rings. The lowest BCUT2D eigenvalue weighted by atomic mass is 10.3. The van der Waals surface area contributed by atoms with Gasteiger partial charge in [0.25, 0.3) is 0 Å². The number of nitrogens with two attached hydrogens (primary N) is 1. The van der Waals surface area contributed by atoms with Crippen LogP contribution in [0.25, 0.3) is 16.9 Å². The highest BCUT2D eigenvalue weighted by atomic mass is 79.9. The molecule has 0 unspecified atom stereocenters. The highest BCUT2D eigenvalue weighted by Crippen LogP contribution is 2.30. The van der Waals surface area contributed by atoms with E-state index in [0.717, 1.165) is 4.47 Å². The molecule has 0 bridgehead atoms.